The van der Waals surface area contributed by atoms with Gasteiger partial charge in [0.05, 0.1) is 18.4 Å². The average molecular weight is 552 g/mol. The standard InChI is InChI=1S/C31H41N3O4S/c1-22-10-11-25-20-34-21-26-12-14-27(26)29(37-2)9-4-3-7-17-39(32,36)33-31(35)24-13-15-30(28(34)19-24)38-16-6-5-8-23(25)18-22/h4,9-11,13,15,18-19,26-27,29H,3,5-8,12,14,16-17,20-21H2,1-2H3,(H2,32,33,35,36)/b9-4+/t26-,27+,29-,39?/m0/s1. The Morgan fingerprint density at radius 3 is 2.77 bits per heavy atom. The van der Waals surface area contributed by atoms with Crippen molar-refractivity contribution < 1.29 is 18.5 Å². The summed E-state index contributed by atoms with van der Waals surface area (Å²) in [6.07, 6.45) is 10.8. The number of rotatable bonds is 1. The molecule has 2 bridgehead atoms. The molecule has 0 aromatic heterocycles. The van der Waals surface area contributed by atoms with Crippen molar-refractivity contribution in [1.29, 1.82) is 0 Å². The Balaban J connectivity index is 1.61. The molecule has 2 aromatic carbocycles. The summed E-state index contributed by atoms with van der Waals surface area (Å²) >= 11 is 0. The SMILES string of the molecule is CO[C@H]1/C=C/CCCS(N)(=O)=NC(=O)c2ccc3c(c2)N(Cc2ccc(C)cc2CCCCO3)C[C@@H]2CC[C@H]21. The predicted molar refractivity (Wildman–Crippen MR) is 156 cm³/mol. The number of fused-ring (bicyclic) bond motifs is 3. The number of amides is 1. The van der Waals surface area contributed by atoms with Crippen LogP contribution in [0.25, 0.3) is 0 Å². The number of carbonyl (C=O) groups is 1. The Morgan fingerprint density at radius 2 is 1.97 bits per heavy atom. The van der Waals surface area contributed by atoms with Crippen molar-refractivity contribution >= 4 is 21.5 Å². The normalized spacial score (nSPS) is 28.9. The number of carbonyl (C=O) groups excluding carboxylic acids is 1. The zero-order valence-corrected chi connectivity index (χ0v) is 24.0. The minimum absolute atomic E-state index is 0.0334. The Hall–Kier alpha value is -2.68. The van der Waals surface area contributed by atoms with Gasteiger partial charge in [0, 0.05) is 31.5 Å². The summed E-state index contributed by atoms with van der Waals surface area (Å²) < 4.78 is 29.1. The van der Waals surface area contributed by atoms with Gasteiger partial charge in [0.1, 0.15) is 15.7 Å². The third kappa shape index (κ3) is 6.73. The molecule has 210 valence electrons. The smallest absolute Gasteiger partial charge is 0.286 e. The summed E-state index contributed by atoms with van der Waals surface area (Å²) in [4.78, 5) is 15.5. The summed E-state index contributed by atoms with van der Waals surface area (Å²) in [6.45, 7) is 4.29. The number of nitrogens with two attached hydrogens (primary N) is 1. The Bertz CT molecular complexity index is 1350. The fraction of sp³-hybridized carbons (Fsp3) is 0.516. The first-order chi connectivity index (χ1) is 18.8. The number of hydrogen-bond acceptors (Lipinski definition) is 5. The molecule has 39 heavy (non-hydrogen) atoms. The second-order valence-corrected chi connectivity index (χ2v) is 13.2. The molecular formula is C31H41N3O4S. The maximum atomic E-state index is 13.2. The zero-order chi connectivity index (χ0) is 27.4. The second kappa shape index (κ2) is 12.2. The van der Waals surface area contributed by atoms with E-state index >= 15 is 0 Å². The van der Waals surface area contributed by atoms with Gasteiger partial charge in [-0.1, -0.05) is 35.9 Å². The maximum absolute atomic E-state index is 13.2. The number of aryl methyl sites for hydroxylation is 2. The van der Waals surface area contributed by atoms with Gasteiger partial charge in [-0.15, -0.1) is 4.36 Å². The minimum atomic E-state index is -3.13. The van der Waals surface area contributed by atoms with Crippen molar-refractivity contribution in [2.24, 2.45) is 21.3 Å². The van der Waals surface area contributed by atoms with Crippen LogP contribution in [0.5, 0.6) is 5.75 Å². The van der Waals surface area contributed by atoms with Crippen LogP contribution in [0.3, 0.4) is 0 Å². The molecule has 1 fully saturated rings. The molecule has 4 atom stereocenters. The molecule has 2 aliphatic heterocycles. The fourth-order valence-electron chi connectivity index (χ4n) is 6.02. The summed E-state index contributed by atoms with van der Waals surface area (Å²) in [7, 11) is -1.35. The quantitative estimate of drug-likeness (QED) is 0.467. The molecule has 2 heterocycles. The number of allylic oxidation sites excluding steroid dienone is 1. The number of methoxy groups -OCH3 is 1. The lowest BCUT2D eigenvalue weighted by Crippen LogP contribution is -2.43. The van der Waals surface area contributed by atoms with Gasteiger partial charge in [-0.3, -0.25) is 4.79 Å². The number of ether oxygens (including phenoxy) is 2. The first kappa shape index (κ1) is 27.9. The topological polar surface area (TPSA) is 94.2 Å². The van der Waals surface area contributed by atoms with Gasteiger partial charge in [0.2, 0.25) is 0 Å². The third-order valence-electron chi connectivity index (χ3n) is 8.36. The predicted octanol–water partition coefficient (Wildman–Crippen LogP) is 5.59. The summed E-state index contributed by atoms with van der Waals surface area (Å²) in [5, 5.41) is 6.00. The first-order valence-electron chi connectivity index (χ1n) is 14.2. The molecule has 3 aliphatic rings. The lowest BCUT2D eigenvalue weighted by Gasteiger charge is -2.43. The fourth-order valence-corrected chi connectivity index (χ4v) is 7.08. The van der Waals surface area contributed by atoms with E-state index in [1.807, 2.05) is 12.1 Å². The molecule has 0 radical (unpaired) electrons. The highest BCUT2D eigenvalue weighted by atomic mass is 32.2. The van der Waals surface area contributed by atoms with E-state index in [4.69, 9.17) is 14.6 Å². The number of benzene rings is 2. The molecule has 2 N–H and O–H groups in total. The molecule has 7 nitrogen and oxygen atoms in total. The van der Waals surface area contributed by atoms with Crippen LogP contribution in [-0.2, 0) is 27.6 Å². The van der Waals surface area contributed by atoms with Gasteiger partial charge in [-0.2, -0.15) is 0 Å². The largest absolute Gasteiger partial charge is 0.491 e. The van der Waals surface area contributed by atoms with E-state index in [0.717, 1.165) is 50.1 Å². The Kier molecular flexibility index (Phi) is 8.74. The molecular weight excluding hydrogens is 510 g/mol. The lowest BCUT2D eigenvalue weighted by molar-refractivity contribution is 0.0134. The number of nitrogens with zero attached hydrogens (tertiary/aromatic N) is 2. The van der Waals surface area contributed by atoms with Crippen LogP contribution in [0.1, 0.15) is 65.6 Å². The van der Waals surface area contributed by atoms with Crippen LogP contribution in [0, 0.1) is 18.8 Å². The van der Waals surface area contributed by atoms with Gasteiger partial charge >= 0.3 is 0 Å². The van der Waals surface area contributed by atoms with Crippen molar-refractivity contribution in [2.75, 3.05) is 30.9 Å². The molecule has 1 unspecified atom stereocenters. The van der Waals surface area contributed by atoms with Crippen molar-refractivity contribution in [1.82, 2.24) is 0 Å². The molecule has 0 saturated heterocycles. The molecule has 1 amide bonds. The molecule has 0 spiro atoms. The summed E-state index contributed by atoms with van der Waals surface area (Å²) in [5.41, 5.74) is 5.19. The zero-order valence-electron chi connectivity index (χ0n) is 23.1. The average Bonchev–Trinajstić information content (AvgIpc) is 2.92. The Morgan fingerprint density at radius 1 is 1.10 bits per heavy atom. The van der Waals surface area contributed by atoms with E-state index in [-0.39, 0.29) is 11.9 Å². The van der Waals surface area contributed by atoms with Crippen LogP contribution in [0.2, 0.25) is 0 Å². The number of hydrogen-bond donors (Lipinski definition) is 1. The van der Waals surface area contributed by atoms with Gasteiger partial charge < -0.3 is 14.4 Å². The minimum Gasteiger partial charge on any atom is -0.491 e. The van der Waals surface area contributed by atoms with Crippen LogP contribution in [-0.4, -0.2) is 42.2 Å². The van der Waals surface area contributed by atoms with E-state index in [9.17, 15) is 9.00 Å². The van der Waals surface area contributed by atoms with E-state index < -0.39 is 15.8 Å². The van der Waals surface area contributed by atoms with E-state index in [0.29, 0.717) is 43.4 Å². The summed E-state index contributed by atoms with van der Waals surface area (Å²) in [6, 6.07) is 12.2. The van der Waals surface area contributed by atoms with Gasteiger partial charge in [-0.05, 0) is 93.0 Å². The van der Waals surface area contributed by atoms with Gasteiger partial charge in [0.25, 0.3) is 5.91 Å². The van der Waals surface area contributed by atoms with E-state index in [2.05, 4.69) is 46.5 Å². The van der Waals surface area contributed by atoms with Crippen molar-refractivity contribution in [3.05, 3.63) is 70.8 Å². The van der Waals surface area contributed by atoms with E-state index in [1.54, 1.807) is 13.2 Å². The van der Waals surface area contributed by atoms with Crippen LogP contribution < -0.4 is 14.8 Å². The maximum Gasteiger partial charge on any atom is 0.286 e. The highest BCUT2D eigenvalue weighted by molar-refractivity contribution is 7.91. The van der Waals surface area contributed by atoms with Crippen molar-refractivity contribution in [3.63, 3.8) is 0 Å². The van der Waals surface area contributed by atoms with Crippen LogP contribution >= 0.6 is 0 Å². The summed E-state index contributed by atoms with van der Waals surface area (Å²) in [5.74, 6) is 1.25. The van der Waals surface area contributed by atoms with Gasteiger partial charge in [-0.25, -0.2) is 9.35 Å². The van der Waals surface area contributed by atoms with E-state index in [1.165, 1.54) is 16.7 Å². The molecule has 5 rings (SSSR count). The lowest BCUT2D eigenvalue weighted by atomic mass is 9.70. The third-order valence-corrected chi connectivity index (χ3v) is 9.71. The van der Waals surface area contributed by atoms with Gasteiger partial charge in [0.15, 0.2) is 0 Å². The van der Waals surface area contributed by atoms with Crippen molar-refractivity contribution in [2.45, 2.75) is 64.5 Å². The van der Waals surface area contributed by atoms with Crippen LogP contribution in [0.15, 0.2) is 52.9 Å². The monoisotopic (exact) mass is 551 g/mol. The second-order valence-electron chi connectivity index (χ2n) is 11.2. The molecule has 1 saturated carbocycles. The highest BCUT2D eigenvalue weighted by Gasteiger charge is 2.37. The van der Waals surface area contributed by atoms with Crippen molar-refractivity contribution in [3.8, 4) is 5.75 Å². The molecule has 2 aromatic rings. The Labute approximate surface area is 233 Å². The first-order valence-corrected chi connectivity index (χ1v) is 15.9. The molecule has 8 heteroatoms. The van der Waals surface area contributed by atoms with Crippen LogP contribution in [0.4, 0.5) is 5.69 Å². The number of anilines is 1. The molecule has 1 aliphatic carbocycles. The highest BCUT2D eigenvalue weighted by Crippen LogP contribution is 2.42.